The van der Waals surface area contributed by atoms with Crippen molar-refractivity contribution in [2.45, 2.75) is 82.7 Å². The zero-order chi connectivity index (χ0) is 33.6. The molecule has 3 unspecified atom stereocenters. The second-order valence-corrected chi connectivity index (χ2v) is 13.3. The standard InChI is InChI=1S/C37H46N3O7/c1-47-31-20-24(9-10-30(44)34(46)29(43)8-5-15-36(22-41)13-3-2-4-14-36)19-28(33(31)45)32-26-12-18-40-35(38)27(26)11-16-37(32,23-42)21-25-7-6-17-39-25/h6-7,11-12,16-20,32,34,41-42,45-46H,2-5,8-10,13-15,21-23H2,1H3,(H2,38,40)/q-1. The summed E-state index contributed by atoms with van der Waals surface area (Å²) >= 11 is 0. The summed E-state index contributed by atoms with van der Waals surface area (Å²) in [7, 11) is 1.44. The van der Waals surface area contributed by atoms with Gasteiger partial charge in [-0.25, -0.2) is 4.98 Å². The summed E-state index contributed by atoms with van der Waals surface area (Å²) in [4.78, 5) is 34.5. The van der Waals surface area contributed by atoms with Crippen molar-refractivity contribution >= 4 is 23.5 Å². The van der Waals surface area contributed by atoms with E-state index in [0.717, 1.165) is 43.4 Å². The Morgan fingerprint density at radius 2 is 1.85 bits per heavy atom. The number of ketones is 2. The van der Waals surface area contributed by atoms with E-state index in [0.29, 0.717) is 41.8 Å². The van der Waals surface area contributed by atoms with Gasteiger partial charge in [0.15, 0.2) is 29.2 Å². The molecule has 1 aromatic carbocycles. The van der Waals surface area contributed by atoms with Crippen molar-refractivity contribution < 1.29 is 34.8 Å². The first kappa shape index (κ1) is 34.3. The molecule has 0 bridgehead atoms. The Bertz CT molecular complexity index is 1580. The van der Waals surface area contributed by atoms with Crippen LogP contribution < -0.4 is 15.5 Å². The molecule has 2 aliphatic carbocycles. The monoisotopic (exact) mass is 644 g/mol. The molecule has 252 valence electrons. The number of phenolic OH excluding ortho intramolecular Hbond substituents is 1. The Kier molecular flexibility index (Phi) is 10.8. The molecule has 0 saturated heterocycles. The van der Waals surface area contributed by atoms with E-state index >= 15 is 0 Å². The molecule has 1 fully saturated rings. The van der Waals surface area contributed by atoms with Crippen LogP contribution >= 0.6 is 0 Å². The molecule has 0 amide bonds. The van der Waals surface area contributed by atoms with Crippen molar-refractivity contribution in [1.29, 1.82) is 0 Å². The number of phenols is 1. The summed E-state index contributed by atoms with van der Waals surface area (Å²) in [5, 5.41) is 43.0. The topological polar surface area (TPSA) is 177 Å². The SMILES string of the molecule is COc1cc(CCC(=O)C(O)C(=O)CCCC2(CO)CCCCC2)cc(C2c3ccnc(N)c3C=CC2(CO)Cc2ccc[n-]2)c1O. The van der Waals surface area contributed by atoms with E-state index in [-0.39, 0.29) is 49.4 Å². The number of methoxy groups -OCH3 is 1. The van der Waals surface area contributed by atoms with Crippen molar-refractivity contribution in [3.05, 3.63) is 76.7 Å². The van der Waals surface area contributed by atoms with E-state index in [2.05, 4.69) is 9.97 Å². The third-order valence-corrected chi connectivity index (χ3v) is 10.3. The number of nitrogens with zero attached hydrogens (tertiary/aromatic N) is 2. The molecule has 2 aromatic heterocycles. The Balaban J connectivity index is 1.36. The lowest BCUT2D eigenvalue weighted by Gasteiger charge is -2.42. The zero-order valence-corrected chi connectivity index (χ0v) is 27.0. The van der Waals surface area contributed by atoms with Gasteiger partial charge in [0, 0.05) is 48.1 Å². The van der Waals surface area contributed by atoms with Gasteiger partial charge < -0.3 is 35.9 Å². The molecule has 2 heterocycles. The zero-order valence-electron chi connectivity index (χ0n) is 27.0. The lowest BCUT2D eigenvalue weighted by molar-refractivity contribution is -0.138. The fourth-order valence-corrected chi connectivity index (χ4v) is 7.57. The molecule has 2 aliphatic rings. The van der Waals surface area contributed by atoms with Crippen LogP contribution in [0.4, 0.5) is 5.82 Å². The van der Waals surface area contributed by atoms with Gasteiger partial charge in [-0.05, 0) is 67.2 Å². The maximum absolute atomic E-state index is 13.0. The predicted octanol–water partition coefficient (Wildman–Crippen LogP) is 4.26. The first-order valence-corrected chi connectivity index (χ1v) is 16.5. The fraction of sp³-hybridized carbons (Fsp3) is 0.486. The quantitative estimate of drug-likeness (QED) is 0.150. The van der Waals surface area contributed by atoms with Crippen molar-refractivity contribution in [3.8, 4) is 11.5 Å². The Hall–Kier alpha value is -3.99. The summed E-state index contributed by atoms with van der Waals surface area (Å²) in [5.74, 6) is -1.26. The molecule has 6 N–H and O–H groups in total. The second-order valence-electron chi connectivity index (χ2n) is 13.3. The molecule has 10 heteroatoms. The van der Waals surface area contributed by atoms with Crippen molar-refractivity contribution in [1.82, 2.24) is 9.97 Å². The first-order valence-electron chi connectivity index (χ1n) is 16.5. The van der Waals surface area contributed by atoms with Crippen LogP contribution in [-0.2, 0) is 22.4 Å². The van der Waals surface area contributed by atoms with Crippen LogP contribution in [0.2, 0.25) is 0 Å². The minimum Gasteiger partial charge on any atom is -0.668 e. The number of benzene rings is 1. The number of nitrogens with two attached hydrogens (primary N) is 1. The normalized spacial score (nSPS) is 20.8. The largest absolute Gasteiger partial charge is 0.668 e. The van der Waals surface area contributed by atoms with E-state index in [1.165, 1.54) is 7.11 Å². The van der Waals surface area contributed by atoms with E-state index < -0.39 is 29.0 Å². The Labute approximate surface area is 275 Å². The van der Waals surface area contributed by atoms with Gasteiger partial charge in [0.25, 0.3) is 0 Å². The third kappa shape index (κ3) is 7.30. The van der Waals surface area contributed by atoms with Crippen LogP contribution in [-0.4, -0.2) is 63.4 Å². The number of aryl methyl sites for hydroxylation is 1. The average molecular weight is 645 g/mol. The third-order valence-electron chi connectivity index (χ3n) is 10.3. The highest BCUT2D eigenvalue weighted by Gasteiger charge is 2.43. The maximum atomic E-state index is 13.0. The van der Waals surface area contributed by atoms with Crippen molar-refractivity contribution in [2.75, 3.05) is 26.1 Å². The van der Waals surface area contributed by atoms with Crippen molar-refractivity contribution in [2.24, 2.45) is 10.8 Å². The van der Waals surface area contributed by atoms with Gasteiger partial charge in [-0.2, -0.15) is 11.9 Å². The number of hydrogen-bond donors (Lipinski definition) is 5. The van der Waals surface area contributed by atoms with Gasteiger partial charge in [0.05, 0.1) is 13.7 Å². The van der Waals surface area contributed by atoms with E-state index in [1.807, 2.05) is 30.4 Å². The number of rotatable bonds is 15. The van der Waals surface area contributed by atoms with E-state index in [4.69, 9.17) is 10.5 Å². The van der Waals surface area contributed by atoms with Crippen LogP contribution in [0.25, 0.3) is 6.08 Å². The molecule has 3 atom stereocenters. The number of hydrogen-bond acceptors (Lipinski definition) is 9. The van der Waals surface area contributed by atoms with E-state index in [9.17, 15) is 30.0 Å². The van der Waals surface area contributed by atoms with Gasteiger partial charge >= 0.3 is 0 Å². The predicted molar refractivity (Wildman–Crippen MR) is 178 cm³/mol. The number of pyridine rings is 1. The molecule has 0 aliphatic heterocycles. The number of aromatic hydroxyl groups is 1. The van der Waals surface area contributed by atoms with Crippen LogP contribution in [0, 0.1) is 10.8 Å². The Morgan fingerprint density at radius 1 is 1.09 bits per heavy atom. The van der Waals surface area contributed by atoms with Crippen LogP contribution in [0.15, 0.2) is 48.8 Å². The minimum absolute atomic E-state index is 0.0832. The first-order chi connectivity index (χ1) is 22.7. The summed E-state index contributed by atoms with van der Waals surface area (Å²) in [6.45, 7) is -0.168. The van der Waals surface area contributed by atoms with Crippen molar-refractivity contribution in [3.63, 3.8) is 0 Å². The van der Waals surface area contributed by atoms with Gasteiger partial charge in [-0.3, -0.25) is 9.59 Å². The lowest BCUT2D eigenvalue weighted by atomic mass is 9.63. The molecule has 0 radical (unpaired) electrons. The second kappa shape index (κ2) is 14.8. The summed E-state index contributed by atoms with van der Waals surface area (Å²) < 4.78 is 5.55. The number of aliphatic hydroxyl groups is 3. The highest BCUT2D eigenvalue weighted by Crippen LogP contribution is 2.53. The fourth-order valence-electron chi connectivity index (χ4n) is 7.57. The van der Waals surface area contributed by atoms with Gasteiger partial charge in [-0.1, -0.05) is 49.6 Å². The van der Waals surface area contributed by atoms with Crippen LogP contribution in [0.1, 0.15) is 91.7 Å². The highest BCUT2D eigenvalue weighted by atomic mass is 16.5. The number of nitrogen functional groups attached to an aromatic ring is 1. The van der Waals surface area contributed by atoms with Gasteiger partial charge in [-0.15, -0.1) is 0 Å². The van der Waals surface area contributed by atoms with Gasteiger partial charge in [0.2, 0.25) is 0 Å². The summed E-state index contributed by atoms with van der Waals surface area (Å²) in [6.07, 6.45) is 12.3. The van der Waals surface area contributed by atoms with Gasteiger partial charge in [0.1, 0.15) is 5.82 Å². The van der Waals surface area contributed by atoms with Crippen LogP contribution in [0.5, 0.6) is 11.5 Å². The molecule has 47 heavy (non-hydrogen) atoms. The molecular formula is C37H46N3O7-. The minimum atomic E-state index is -1.71. The van der Waals surface area contributed by atoms with Crippen LogP contribution in [0.3, 0.4) is 0 Å². The molecule has 5 rings (SSSR count). The Morgan fingerprint density at radius 3 is 2.53 bits per heavy atom. The number of ether oxygens (including phenoxy) is 1. The molecule has 1 saturated carbocycles. The number of carbonyl (C=O) groups excluding carboxylic acids is 2. The summed E-state index contributed by atoms with van der Waals surface area (Å²) in [6, 6.07) is 8.96. The molecule has 0 spiro atoms. The number of anilines is 1. The number of carbonyl (C=O) groups is 2. The lowest BCUT2D eigenvalue weighted by Crippen LogP contribution is -2.37. The number of aromatic nitrogens is 2. The number of aliphatic hydroxyl groups excluding tert-OH is 3. The molecular weight excluding hydrogens is 598 g/mol. The number of fused-ring (bicyclic) bond motifs is 1. The van der Waals surface area contributed by atoms with E-state index in [1.54, 1.807) is 24.5 Å². The summed E-state index contributed by atoms with van der Waals surface area (Å²) in [5.41, 5.74) is 8.55. The smallest absolute Gasteiger partial charge is 0.170 e. The molecule has 3 aromatic rings. The number of Topliss-reactive ketones (excluding diaryl/α,β-unsaturated/α-hetero) is 2. The average Bonchev–Trinajstić information content (AvgIpc) is 3.60. The highest BCUT2D eigenvalue weighted by molar-refractivity contribution is 6.05. The molecule has 10 nitrogen and oxygen atoms in total. The maximum Gasteiger partial charge on any atom is 0.170 e.